The van der Waals surface area contributed by atoms with Gasteiger partial charge in [0.05, 0.1) is 4.92 Å². The zero-order chi connectivity index (χ0) is 11.4. The summed E-state index contributed by atoms with van der Waals surface area (Å²) >= 11 is 5.92. The van der Waals surface area contributed by atoms with Gasteiger partial charge in [0.25, 0.3) is 5.69 Å². The van der Waals surface area contributed by atoms with E-state index in [2.05, 4.69) is 0 Å². The van der Waals surface area contributed by atoms with Crippen molar-refractivity contribution in [2.45, 2.75) is 25.8 Å². The number of non-ortho nitro benzene ring substituents is 1. The highest BCUT2D eigenvalue weighted by Crippen LogP contribution is 2.23. The number of nitro benzene ring substituents is 1. The van der Waals surface area contributed by atoms with E-state index in [0.717, 1.165) is 12.0 Å². The van der Waals surface area contributed by atoms with Gasteiger partial charge in [0.1, 0.15) is 0 Å². The lowest BCUT2D eigenvalue weighted by Crippen LogP contribution is -2.15. The molecule has 0 amide bonds. The smallest absolute Gasteiger partial charge is 0.269 e. The third-order valence-corrected chi connectivity index (χ3v) is 2.48. The summed E-state index contributed by atoms with van der Waals surface area (Å²) in [6.45, 7) is 1.89. The van der Waals surface area contributed by atoms with E-state index in [1.807, 2.05) is 6.92 Å². The topological polar surface area (TPSA) is 69.2 Å². The van der Waals surface area contributed by atoms with Gasteiger partial charge in [0, 0.05) is 23.2 Å². The number of nitrogens with zero attached hydrogens (tertiary/aromatic N) is 1. The zero-order valence-electron chi connectivity index (χ0n) is 8.44. The fourth-order valence-corrected chi connectivity index (χ4v) is 1.46. The first-order valence-corrected chi connectivity index (χ1v) is 5.07. The van der Waals surface area contributed by atoms with E-state index in [1.54, 1.807) is 6.07 Å². The van der Waals surface area contributed by atoms with Crippen LogP contribution in [-0.2, 0) is 6.42 Å². The van der Waals surface area contributed by atoms with Crippen molar-refractivity contribution in [1.82, 2.24) is 0 Å². The van der Waals surface area contributed by atoms with Gasteiger partial charge < -0.3 is 5.73 Å². The quantitative estimate of drug-likeness (QED) is 0.636. The van der Waals surface area contributed by atoms with Crippen LogP contribution in [0.4, 0.5) is 5.69 Å². The minimum atomic E-state index is -0.425. The molecule has 0 aliphatic carbocycles. The molecule has 1 atom stereocenters. The van der Waals surface area contributed by atoms with Gasteiger partial charge in [-0.3, -0.25) is 10.1 Å². The highest BCUT2D eigenvalue weighted by Gasteiger charge is 2.09. The molecule has 1 aromatic rings. The first-order chi connectivity index (χ1) is 7.00. The maximum Gasteiger partial charge on any atom is 0.269 e. The number of hydrogen-bond donors (Lipinski definition) is 1. The van der Waals surface area contributed by atoms with Crippen molar-refractivity contribution in [1.29, 1.82) is 0 Å². The van der Waals surface area contributed by atoms with E-state index in [9.17, 15) is 10.1 Å². The number of halogens is 1. The van der Waals surface area contributed by atoms with Crippen LogP contribution in [0.2, 0.25) is 5.02 Å². The van der Waals surface area contributed by atoms with Crippen molar-refractivity contribution < 1.29 is 4.92 Å². The Kier molecular flexibility index (Phi) is 4.05. The lowest BCUT2D eigenvalue weighted by Gasteiger charge is -2.06. The highest BCUT2D eigenvalue weighted by molar-refractivity contribution is 6.31. The lowest BCUT2D eigenvalue weighted by atomic mass is 10.1. The van der Waals surface area contributed by atoms with Gasteiger partial charge in [-0.2, -0.15) is 0 Å². The first-order valence-electron chi connectivity index (χ1n) is 4.69. The molecule has 5 heteroatoms. The van der Waals surface area contributed by atoms with Crippen LogP contribution in [0.1, 0.15) is 18.9 Å². The molecule has 1 aromatic carbocycles. The van der Waals surface area contributed by atoms with E-state index >= 15 is 0 Å². The Morgan fingerprint density at radius 1 is 1.60 bits per heavy atom. The molecule has 0 heterocycles. The summed E-state index contributed by atoms with van der Waals surface area (Å²) in [5.41, 5.74) is 6.46. The second-order valence-electron chi connectivity index (χ2n) is 3.55. The minimum Gasteiger partial charge on any atom is -0.328 e. The summed E-state index contributed by atoms with van der Waals surface area (Å²) in [6.07, 6.45) is 1.43. The summed E-state index contributed by atoms with van der Waals surface area (Å²) in [5.74, 6) is 0. The fraction of sp³-hybridized carbons (Fsp3) is 0.400. The maximum absolute atomic E-state index is 10.5. The highest BCUT2D eigenvalue weighted by atomic mass is 35.5. The number of nitro groups is 1. The molecule has 15 heavy (non-hydrogen) atoms. The molecule has 0 saturated heterocycles. The molecule has 0 fully saturated rings. The van der Waals surface area contributed by atoms with Crippen LogP contribution in [0.25, 0.3) is 0 Å². The van der Waals surface area contributed by atoms with Crippen molar-refractivity contribution in [3.63, 3.8) is 0 Å². The largest absolute Gasteiger partial charge is 0.328 e. The van der Waals surface area contributed by atoms with Crippen LogP contribution in [0.5, 0.6) is 0 Å². The number of benzene rings is 1. The van der Waals surface area contributed by atoms with Crippen molar-refractivity contribution in [3.05, 3.63) is 38.9 Å². The van der Waals surface area contributed by atoms with Crippen LogP contribution in [0.15, 0.2) is 18.2 Å². The first kappa shape index (κ1) is 11.9. The molecule has 0 radical (unpaired) electrons. The Labute approximate surface area is 93.2 Å². The van der Waals surface area contributed by atoms with Crippen LogP contribution in [0.3, 0.4) is 0 Å². The van der Waals surface area contributed by atoms with E-state index in [4.69, 9.17) is 17.3 Å². The Morgan fingerprint density at radius 3 is 2.80 bits per heavy atom. The van der Waals surface area contributed by atoms with Crippen molar-refractivity contribution in [3.8, 4) is 0 Å². The molecule has 0 spiro atoms. The predicted octanol–water partition coefficient (Wildman–Crippen LogP) is 2.53. The average Bonchev–Trinajstić information content (AvgIpc) is 2.16. The Morgan fingerprint density at radius 2 is 2.27 bits per heavy atom. The molecule has 0 aliphatic heterocycles. The predicted molar refractivity (Wildman–Crippen MR) is 60.1 cm³/mol. The average molecular weight is 229 g/mol. The third-order valence-electron chi connectivity index (χ3n) is 2.11. The third kappa shape index (κ3) is 3.49. The standard InChI is InChI=1S/C10H13ClN2O2/c1-7(12)2-3-8-6-9(13(14)15)4-5-10(8)11/h4-7H,2-3,12H2,1H3. The Bertz CT molecular complexity index is 366. The zero-order valence-corrected chi connectivity index (χ0v) is 9.20. The molecule has 0 aromatic heterocycles. The molecule has 0 saturated carbocycles. The molecule has 0 aliphatic rings. The van der Waals surface area contributed by atoms with Gasteiger partial charge in [0.15, 0.2) is 0 Å². The van der Waals surface area contributed by atoms with Gasteiger partial charge >= 0.3 is 0 Å². The molecule has 1 unspecified atom stereocenters. The summed E-state index contributed by atoms with van der Waals surface area (Å²) < 4.78 is 0. The summed E-state index contributed by atoms with van der Waals surface area (Å²) in [6, 6.07) is 4.53. The van der Waals surface area contributed by atoms with E-state index in [0.29, 0.717) is 11.4 Å². The summed E-state index contributed by atoms with van der Waals surface area (Å²) in [7, 11) is 0. The molecule has 1 rings (SSSR count). The lowest BCUT2D eigenvalue weighted by molar-refractivity contribution is -0.384. The van der Waals surface area contributed by atoms with Crippen molar-refractivity contribution >= 4 is 17.3 Å². The van der Waals surface area contributed by atoms with E-state index < -0.39 is 4.92 Å². The SMILES string of the molecule is CC(N)CCc1cc([N+](=O)[O-])ccc1Cl. The van der Waals surface area contributed by atoms with Crippen molar-refractivity contribution in [2.24, 2.45) is 5.73 Å². The Hall–Kier alpha value is -1.13. The monoisotopic (exact) mass is 228 g/mol. The number of nitrogens with two attached hydrogens (primary N) is 1. The molecule has 82 valence electrons. The van der Waals surface area contributed by atoms with Crippen molar-refractivity contribution in [2.75, 3.05) is 0 Å². The Balaban J connectivity index is 2.85. The van der Waals surface area contributed by atoms with Gasteiger partial charge in [-0.15, -0.1) is 0 Å². The molecular weight excluding hydrogens is 216 g/mol. The van der Waals surface area contributed by atoms with Crippen LogP contribution >= 0.6 is 11.6 Å². The van der Waals surface area contributed by atoms with Crippen LogP contribution in [-0.4, -0.2) is 11.0 Å². The van der Waals surface area contributed by atoms with Crippen LogP contribution < -0.4 is 5.73 Å². The number of rotatable bonds is 4. The van der Waals surface area contributed by atoms with Gasteiger partial charge in [-0.25, -0.2) is 0 Å². The number of hydrogen-bond acceptors (Lipinski definition) is 3. The second-order valence-corrected chi connectivity index (χ2v) is 3.96. The molecule has 2 N–H and O–H groups in total. The molecular formula is C10H13ClN2O2. The second kappa shape index (κ2) is 5.09. The summed E-state index contributed by atoms with van der Waals surface area (Å²) in [4.78, 5) is 10.1. The van der Waals surface area contributed by atoms with Gasteiger partial charge in [-0.1, -0.05) is 11.6 Å². The molecule has 0 bridgehead atoms. The van der Waals surface area contributed by atoms with Gasteiger partial charge in [-0.05, 0) is 31.4 Å². The van der Waals surface area contributed by atoms with Crippen LogP contribution in [0, 0.1) is 10.1 Å². The van der Waals surface area contributed by atoms with E-state index in [-0.39, 0.29) is 11.7 Å². The maximum atomic E-state index is 10.5. The normalized spacial score (nSPS) is 12.5. The molecule has 4 nitrogen and oxygen atoms in total. The number of aryl methyl sites for hydroxylation is 1. The van der Waals surface area contributed by atoms with Gasteiger partial charge in [0.2, 0.25) is 0 Å². The minimum absolute atomic E-state index is 0.0686. The fourth-order valence-electron chi connectivity index (χ4n) is 1.25. The summed E-state index contributed by atoms with van der Waals surface area (Å²) in [5, 5.41) is 11.1. The van der Waals surface area contributed by atoms with E-state index in [1.165, 1.54) is 12.1 Å².